The molecule has 0 radical (unpaired) electrons. The van der Waals surface area contributed by atoms with Crippen LogP contribution in [-0.2, 0) is 6.54 Å². The molecule has 0 spiro atoms. The molecule has 0 saturated heterocycles. The average molecular weight is 257 g/mol. The second-order valence-electron chi connectivity index (χ2n) is 4.29. The second kappa shape index (κ2) is 5.14. The van der Waals surface area contributed by atoms with Crippen molar-refractivity contribution < 1.29 is 9.47 Å². The van der Waals surface area contributed by atoms with E-state index in [0.717, 1.165) is 36.1 Å². The fourth-order valence-electron chi connectivity index (χ4n) is 2.10. The first kappa shape index (κ1) is 11.8. The van der Waals surface area contributed by atoms with Gasteiger partial charge in [-0.2, -0.15) is 0 Å². The van der Waals surface area contributed by atoms with Crippen molar-refractivity contribution in [3.63, 3.8) is 0 Å². The van der Waals surface area contributed by atoms with Crippen LogP contribution in [0, 0.1) is 0 Å². The van der Waals surface area contributed by atoms with E-state index < -0.39 is 0 Å². The monoisotopic (exact) mass is 257 g/mol. The van der Waals surface area contributed by atoms with Gasteiger partial charge >= 0.3 is 0 Å². The highest BCUT2D eigenvalue weighted by atomic mass is 16.5. The lowest BCUT2D eigenvalue weighted by molar-refractivity contribution is 0.328. The summed E-state index contributed by atoms with van der Waals surface area (Å²) in [5, 5.41) is 0. The Morgan fingerprint density at radius 2 is 2.11 bits per heavy atom. The summed E-state index contributed by atoms with van der Waals surface area (Å²) in [5.41, 5.74) is 1.12. The third kappa shape index (κ3) is 2.45. The molecule has 0 unspecified atom stereocenters. The predicted octanol–water partition coefficient (Wildman–Crippen LogP) is 1.88. The van der Waals surface area contributed by atoms with Crippen LogP contribution >= 0.6 is 0 Å². The van der Waals surface area contributed by atoms with Gasteiger partial charge in [0.15, 0.2) is 0 Å². The summed E-state index contributed by atoms with van der Waals surface area (Å²) in [6, 6.07) is 7.70. The summed E-state index contributed by atoms with van der Waals surface area (Å²) < 4.78 is 11.0. The Morgan fingerprint density at radius 1 is 1.26 bits per heavy atom. The minimum atomic E-state index is 0.610. The van der Waals surface area contributed by atoms with Gasteiger partial charge in [0.2, 0.25) is 5.95 Å². The largest absolute Gasteiger partial charge is 0.497 e. The first-order valence-electron chi connectivity index (χ1n) is 6.18. The van der Waals surface area contributed by atoms with E-state index in [9.17, 15) is 0 Å². The van der Waals surface area contributed by atoms with Crippen molar-refractivity contribution in [3.05, 3.63) is 42.2 Å². The van der Waals surface area contributed by atoms with Gasteiger partial charge in [-0.25, -0.2) is 9.97 Å². The zero-order valence-corrected chi connectivity index (χ0v) is 10.7. The van der Waals surface area contributed by atoms with E-state index in [1.165, 1.54) is 0 Å². The highest BCUT2D eigenvalue weighted by Gasteiger charge is 2.17. The quantitative estimate of drug-likeness (QED) is 0.822. The van der Waals surface area contributed by atoms with Gasteiger partial charge in [-0.05, 0) is 18.2 Å². The number of anilines is 1. The van der Waals surface area contributed by atoms with Crippen LogP contribution in [-0.4, -0.2) is 30.2 Å². The van der Waals surface area contributed by atoms with Crippen LogP contribution in [0.3, 0.4) is 0 Å². The molecule has 0 atom stereocenters. The summed E-state index contributed by atoms with van der Waals surface area (Å²) in [7, 11) is 1.66. The maximum atomic E-state index is 5.77. The van der Waals surface area contributed by atoms with Crippen LogP contribution in [0.25, 0.3) is 0 Å². The van der Waals surface area contributed by atoms with E-state index in [2.05, 4.69) is 14.9 Å². The molecule has 0 amide bonds. The van der Waals surface area contributed by atoms with E-state index >= 15 is 0 Å². The normalized spacial score (nSPS) is 14.3. The molecule has 5 heteroatoms. The van der Waals surface area contributed by atoms with Crippen LogP contribution in [0.15, 0.2) is 36.7 Å². The highest BCUT2D eigenvalue weighted by Crippen LogP contribution is 2.28. The number of aromatic nitrogens is 2. The van der Waals surface area contributed by atoms with E-state index in [0.29, 0.717) is 6.61 Å². The molecule has 0 saturated carbocycles. The highest BCUT2D eigenvalue weighted by molar-refractivity contribution is 5.44. The molecule has 1 aromatic carbocycles. The number of ether oxygens (including phenoxy) is 2. The zero-order chi connectivity index (χ0) is 13.1. The molecule has 5 nitrogen and oxygen atoms in total. The fourth-order valence-corrected chi connectivity index (χ4v) is 2.10. The summed E-state index contributed by atoms with van der Waals surface area (Å²) in [6.45, 7) is 2.11. The van der Waals surface area contributed by atoms with Crippen LogP contribution in [0.5, 0.6) is 11.5 Å². The molecule has 2 aromatic rings. The van der Waals surface area contributed by atoms with Gasteiger partial charge in [0, 0.05) is 30.6 Å². The van der Waals surface area contributed by atoms with Gasteiger partial charge < -0.3 is 14.4 Å². The van der Waals surface area contributed by atoms with Crippen LogP contribution in [0.2, 0.25) is 0 Å². The molecule has 98 valence electrons. The predicted molar refractivity (Wildman–Crippen MR) is 71.6 cm³/mol. The lowest BCUT2D eigenvalue weighted by Gasteiger charge is -2.19. The van der Waals surface area contributed by atoms with Gasteiger partial charge in [0.05, 0.1) is 13.7 Å². The molecule has 0 fully saturated rings. The molecule has 19 heavy (non-hydrogen) atoms. The van der Waals surface area contributed by atoms with E-state index in [1.807, 2.05) is 24.3 Å². The zero-order valence-electron chi connectivity index (χ0n) is 10.7. The van der Waals surface area contributed by atoms with Crippen LogP contribution in [0.1, 0.15) is 5.56 Å². The van der Waals surface area contributed by atoms with Crippen molar-refractivity contribution in [3.8, 4) is 11.5 Å². The van der Waals surface area contributed by atoms with E-state index in [4.69, 9.17) is 9.47 Å². The Kier molecular flexibility index (Phi) is 3.18. The van der Waals surface area contributed by atoms with E-state index in [1.54, 1.807) is 19.5 Å². The van der Waals surface area contributed by atoms with Gasteiger partial charge in [0.25, 0.3) is 0 Å². The number of fused-ring (bicyclic) bond motifs is 1. The molecular weight excluding hydrogens is 242 g/mol. The number of hydrogen-bond donors (Lipinski definition) is 0. The number of rotatable bonds is 2. The van der Waals surface area contributed by atoms with Crippen LogP contribution < -0.4 is 14.4 Å². The third-order valence-electron chi connectivity index (χ3n) is 3.09. The summed E-state index contributed by atoms with van der Waals surface area (Å²) in [5.74, 6) is 2.41. The van der Waals surface area contributed by atoms with Crippen LogP contribution in [0.4, 0.5) is 5.95 Å². The molecule has 0 N–H and O–H groups in total. The Bertz CT molecular complexity index is 560. The minimum Gasteiger partial charge on any atom is -0.497 e. The van der Waals surface area contributed by atoms with Crippen molar-refractivity contribution in [1.82, 2.24) is 9.97 Å². The lowest BCUT2D eigenvalue weighted by atomic mass is 10.2. The summed E-state index contributed by atoms with van der Waals surface area (Å²) in [6.07, 6.45) is 3.51. The standard InChI is InChI=1S/C14H15N3O2/c1-18-12-4-3-11-10-17(7-8-19-13(11)9-12)14-15-5-2-6-16-14/h2-6,9H,7-8,10H2,1H3. The first-order valence-corrected chi connectivity index (χ1v) is 6.18. The maximum absolute atomic E-state index is 5.77. The van der Waals surface area contributed by atoms with Crippen molar-refractivity contribution in [1.29, 1.82) is 0 Å². The average Bonchev–Trinajstić information content (AvgIpc) is 2.69. The van der Waals surface area contributed by atoms with Crippen molar-refractivity contribution in [2.45, 2.75) is 6.54 Å². The maximum Gasteiger partial charge on any atom is 0.225 e. The smallest absolute Gasteiger partial charge is 0.225 e. The fraction of sp³-hybridized carbons (Fsp3) is 0.286. The van der Waals surface area contributed by atoms with Gasteiger partial charge in [0.1, 0.15) is 18.1 Å². The molecule has 1 aromatic heterocycles. The summed E-state index contributed by atoms with van der Waals surface area (Å²) in [4.78, 5) is 10.7. The Hall–Kier alpha value is -2.30. The number of methoxy groups -OCH3 is 1. The van der Waals surface area contributed by atoms with Gasteiger partial charge in [-0.1, -0.05) is 0 Å². The van der Waals surface area contributed by atoms with E-state index in [-0.39, 0.29) is 0 Å². The number of benzene rings is 1. The Labute approximate surface area is 111 Å². The topological polar surface area (TPSA) is 47.5 Å². The SMILES string of the molecule is COc1ccc2c(c1)OCCN(c1ncccn1)C2. The molecule has 2 heterocycles. The van der Waals surface area contributed by atoms with Crippen molar-refractivity contribution in [2.75, 3.05) is 25.2 Å². The van der Waals surface area contributed by atoms with Gasteiger partial charge in [-0.15, -0.1) is 0 Å². The Morgan fingerprint density at radius 3 is 2.89 bits per heavy atom. The molecule has 0 aliphatic carbocycles. The van der Waals surface area contributed by atoms with Crippen molar-refractivity contribution in [2.24, 2.45) is 0 Å². The molecular formula is C14H15N3O2. The molecule has 3 rings (SSSR count). The molecule has 1 aliphatic heterocycles. The second-order valence-corrected chi connectivity index (χ2v) is 4.29. The first-order chi connectivity index (χ1) is 9.36. The summed E-state index contributed by atoms with van der Waals surface area (Å²) >= 11 is 0. The number of hydrogen-bond acceptors (Lipinski definition) is 5. The molecule has 0 bridgehead atoms. The minimum absolute atomic E-state index is 0.610. The lowest BCUT2D eigenvalue weighted by Crippen LogP contribution is -2.26. The number of nitrogens with zero attached hydrogens (tertiary/aromatic N) is 3. The molecule has 1 aliphatic rings. The third-order valence-corrected chi connectivity index (χ3v) is 3.09. The Balaban J connectivity index is 1.89. The van der Waals surface area contributed by atoms with Gasteiger partial charge in [-0.3, -0.25) is 0 Å². The van der Waals surface area contributed by atoms with Crippen molar-refractivity contribution >= 4 is 5.95 Å².